The molecule has 0 aromatic heterocycles. The monoisotopic (exact) mass is 1030 g/mol. The number of rotatable bonds is 6. The van der Waals surface area contributed by atoms with Crippen LogP contribution in [0.2, 0.25) is 10.0 Å². The van der Waals surface area contributed by atoms with Gasteiger partial charge in [-0.25, -0.2) is 9.59 Å². The molecule has 14 nitrogen and oxygen atoms in total. The first-order valence-electron chi connectivity index (χ1n) is 26.3. The number of nitrogens with zero attached hydrogens (tertiary/aromatic N) is 2. The summed E-state index contributed by atoms with van der Waals surface area (Å²) in [4.78, 5) is 60.8. The fourth-order valence-electron chi connectivity index (χ4n) is 15.4. The third-order valence-electron chi connectivity index (χ3n) is 18.1. The number of ether oxygens (including phenoxy) is 6. The fourth-order valence-corrected chi connectivity index (χ4v) is 15.8. The van der Waals surface area contributed by atoms with Gasteiger partial charge in [-0.15, -0.1) is 0 Å². The molecule has 7 fully saturated rings. The third-order valence-corrected chi connectivity index (χ3v) is 18.6. The van der Waals surface area contributed by atoms with Gasteiger partial charge in [-0.2, -0.15) is 0 Å². The van der Waals surface area contributed by atoms with E-state index in [0.717, 1.165) is 12.8 Å². The van der Waals surface area contributed by atoms with Gasteiger partial charge in [0.1, 0.15) is 0 Å². The second kappa shape index (κ2) is 18.7. The molecule has 0 saturated carbocycles. The molecule has 2 N–H and O–H groups in total. The van der Waals surface area contributed by atoms with Crippen molar-refractivity contribution in [3.8, 4) is 0 Å². The zero-order valence-corrected chi connectivity index (χ0v) is 42.2. The van der Waals surface area contributed by atoms with Gasteiger partial charge < -0.3 is 48.9 Å². The van der Waals surface area contributed by atoms with Crippen molar-refractivity contribution in [3.05, 3.63) is 139 Å². The van der Waals surface area contributed by atoms with Crippen molar-refractivity contribution in [1.29, 1.82) is 0 Å². The van der Waals surface area contributed by atoms with Gasteiger partial charge in [-0.05, 0) is 120 Å². The highest BCUT2D eigenvalue weighted by Gasteiger charge is 2.84. The van der Waals surface area contributed by atoms with Crippen molar-refractivity contribution < 1.29 is 47.6 Å². The van der Waals surface area contributed by atoms with Crippen LogP contribution < -0.4 is 10.6 Å². The van der Waals surface area contributed by atoms with Crippen LogP contribution in [-0.2, 0) is 58.4 Å². The number of benzene rings is 4. The Morgan fingerprint density at radius 1 is 0.534 bits per heavy atom. The van der Waals surface area contributed by atoms with Gasteiger partial charge in [0.25, 0.3) is 24.4 Å². The molecule has 382 valence electrons. The van der Waals surface area contributed by atoms with Crippen molar-refractivity contribution in [1.82, 2.24) is 20.4 Å². The number of carbonyl (C=O) groups excluding carboxylic acids is 4. The van der Waals surface area contributed by atoms with Gasteiger partial charge in [-0.3, -0.25) is 9.59 Å². The van der Waals surface area contributed by atoms with Crippen LogP contribution in [-0.4, -0.2) is 136 Å². The van der Waals surface area contributed by atoms with E-state index < -0.39 is 52.6 Å². The van der Waals surface area contributed by atoms with Crippen LogP contribution in [0.3, 0.4) is 0 Å². The highest BCUT2D eigenvalue weighted by molar-refractivity contribution is 6.31. The number of fused-ring (bicyclic) bond motifs is 10. The summed E-state index contributed by atoms with van der Waals surface area (Å²) in [5.74, 6) is -4.37. The summed E-state index contributed by atoms with van der Waals surface area (Å²) in [6.07, 6.45) is 1.30. The summed E-state index contributed by atoms with van der Waals surface area (Å²) in [5.41, 5.74) is 8.93. The summed E-state index contributed by atoms with van der Waals surface area (Å²) in [7, 11) is 0. The van der Waals surface area contributed by atoms with Crippen LogP contribution in [0.15, 0.2) is 84.9 Å². The number of hydrogen-bond donors (Lipinski definition) is 2. The standard InChI is InChI=1S/C57H60Cl2N4O10/c58-33-13-15-41-45(27-33)55-31-62-21-17-35(18-22-62)60-49(64)53(70-29-37-7-5-25-68-37)72-51(66)52(67)73-54(71-30-38-8-6-26-69-38)50(65)61-36-19-23-63(24-20-36)32-56-44-12-4-2-10-40(44)48(42-16-14-34(59)28-46(42)56)57(55,56)47(41)39-9-1-3-11-43(39)55/h1-4,9-16,27-28,35-38,47-48,53-54H,5-8,17-26,29-32H2,(H,60,64)(H,61,65). The smallest absolute Gasteiger partial charge is 0.417 e. The summed E-state index contributed by atoms with van der Waals surface area (Å²) in [6.45, 7) is 5.13. The Balaban J connectivity index is 0.922. The molecule has 2 amide bonds. The highest BCUT2D eigenvalue weighted by atomic mass is 35.5. The molecule has 8 atom stereocenters. The average molecular weight is 1030 g/mol. The quantitative estimate of drug-likeness (QED) is 0.161. The number of amides is 2. The maximum absolute atomic E-state index is 14.2. The molecule has 0 radical (unpaired) electrons. The number of carbonyl (C=O) groups is 4. The van der Waals surface area contributed by atoms with Crippen molar-refractivity contribution in [2.45, 2.75) is 111 Å². The van der Waals surface area contributed by atoms with Gasteiger partial charge in [0.2, 0.25) is 0 Å². The predicted molar refractivity (Wildman–Crippen MR) is 268 cm³/mol. The molecule has 7 heterocycles. The number of nitrogens with one attached hydrogen (secondary N) is 2. The molecule has 15 rings (SSSR count). The van der Waals surface area contributed by atoms with E-state index in [-0.39, 0.29) is 49.3 Å². The second-order valence-corrected chi connectivity index (χ2v) is 22.6. The molecular formula is C57H60Cl2N4O10. The van der Waals surface area contributed by atoms with Gasteiger partial charge in [-0.1, -0.05) is 83.9 Å². The second-order valence-electron chi connectivity index (χ2n) is 21.7. The Bertz CT molecular complexity index is 2670. The van der Waals surface area contributed by atoms with E-state index in [2.05, 4.69) is 105 Å². The molecule has 4 aliphatic carbocycles. The Morgan fingerprint density at radius 2 is 0.945 bits per heavy atom. The lowest BCUT2D eigenvalue weighted by Gasteiger charge is -2.55. The van der Waals surface area contributed by atoms with Crippen molar-refractivity contribution in [3.63, 3.8) is 0 Å². The molecule has 7 saturated heterocycles. The molecule has 7 aliphatic heterocycles. The minimum atomic E-state index is -1.79. The van der Waals surface area contributed by atoms with Gasteiger partial charge >= 0.3 is 11.9 Å². The molecule has 8 unspecified atom stereocenters. The van der Waals surface area contributed by atoms with Gasteiger partial charge in [0.05, 0.1) is 25.4 Å². The van der Waals surface area contributed by atoms with Crippen molar-refractivity contribution in [2.75, 3.05) is 65.7 Å². The SMILES string of the molecule is O=C1OC(OCC2CCCO2)C(=O)NC2CCN(CC2)CC23c4ccccc4C(c4ccc(Cl)cc42)C32C3c4ccccc4C2(CN2CCC(CC2)NC(=O)C(OCC2CCCO2)OC1=O)c1cc(Cl)ccc13. The minimum absolute atomic E-state index is 0.00577. The normalized spacial score (nSPS) is 36.3. The van der Waals surface area contributed by atoms with Gasteiger partial charge in [0, 0.05) is 103 Å². The lowest BCUT2D eigenvalue weighted by atomic mass is 9.49. The number of hydrogen-bond acceptors (Lipinski definition) is 12. The maximum Gasteiger partial charge on any atom is 0.420 e. The summed E-state index contributed by atoms with van der Waals surface area (Å²) < 4.78 is 34.4. The van der Waals surface area contributed by atoms with E-state index in [4.69, 9.17) is 51.6 Å². The Kier molecular flexibility index (Phi) is 12.3. The topological polar surface area (TPSA) is 154 Å². The Hall–Kier alpha value is -4.90. The molecule has 73 heavy (non-hydrogen) atoms. The first kappa shape index (κ1) is 47.8. The van der Waals surface area contributed by atoms with Crippen LogP contribution >= 0.6 is 23.2 Å². The Morgan fingerprint density at radius 3 is 1.36 bits per heavy atom. The molecule has 4 aromatic rings. The van der Waals surface area contributed by atoms with E-state index in [9.17, 15) is 19.2 Å². The minimum Gasteiger partial charge on any atom is -0.417 e. The number of piperidine rings is 2. The summed E-state index contributed by atoms with van der Waals surface area (Å²) >= 11 is 14.4. The number of esters is 2. The van der Waals surface area contributed by atoms with E-state index in [1.165, 1.54) is 44.5 Å². The first-order valence-corrected chi connectivity index (χ1v) is 27.1. The van der Waals surface area contributed by atoms with Crippen LogP contribution in [0.5, 0.6) is 0 Å². The van der Waals surface area contributed by atoms with Crippen LogP contribution in [0.25, 0.3) is 0 Å². The molecule has 8 bridgehead atoms. The fraction of sp³-hybridized carbons (Fsp3) is 0.509. The average Bonchev–Trinajstić information content (AvgIpc) is 4.41. The van der Waals surface area contributed by atoms with E-state index in [1.54, 1.807) is 0 Å². The molecule has 1 spiro atoms. The maximum atomic E-state index is 14.2. The third kappa shape index (κ3) is 7.47. The Labute approximate surface area is 434 Å². The lowest BCUT2D eigenvalue weighted by molar-refractivity contribution is -0.209. The van der Waals surface area contributed by atoms with Crippen molar-refractivity contribution >= 4 is 47.0 Å². The van der Waals surface area contributed by atoms with E-state index >= 15 is 0 Å². The number of halogens is 2. The highest BCUT2D eigenvalue weighted by Crippen LogP contribution is 2.87. The zero-order chi connectivity index (χ0) is 49.6. The molecular weight excluding hydrogens is 972 g/mol. The predicted octanol–water partition coefficient (Wildman–Crippen LogP) is 6.47. The summed E-state index contributed by atoms with van der Waals surface area (Å²) in [6, 6.07) is 30.8. The molecule has 16 heteroatoms. The van der Waals surface area contributed by atoms with Crippen LogP contribution in [0, 0.1) is 5.41 Å². The largest absolute Gasteiger partial charge is 0.420 e. The first-order chi connectivity index (χ1) is 35.6. The van der Waals surface area contributed by atoms with Gasteiger partial charge in [0.15, 0.2) is 0 Å². The van der Waals surface area contributed by atoms with Crippen LogP contribution in [0.1, 0.15) is 108 Å². The lowest BCUT2D eigenvalue weighted by Crippen LogP contribution is -2.61. The molecule has 4 aromatic carbocycles. The van der Waals surface area contributed by atoms with Crippen molar-refractivity contribution in [2.24, 2.45) is 5.41 Å². The van der Waals surface area contributed by atoms with Crippen LogP contribution in [0.4, 0.5) is 0 Å². The summed E-state index contributed by atoms with van der Waals surface area (Å²) in [5, 5.41) is 7.60. The molecule has 11 aliphatic rings. The van der Waals surface area contributed by atoms with E-state index in [1.807, 2.05) is 0 Å². The van der Waals surface area contributed by atoms with E-state index in [0.29, 0.717) is 101 Å². The zero-order valence-electron chi connectivity index (χ0n) is 40.7.